The molecule has 0 spiro atoms. The first-order valence-corrected chi connectivity index (χ1v) is 11.1. The molecule has 2 aliphatic rings. The number of rotatable bonds is 6. The first-order chi connectivity index (χ1) is 15.3. The number of aliphatic imine (C=N–C) groups is 1. The lowest BCUT2D eigenvalue weighted by molar-refractivity contribution is -0.128. The lowest BCUT2D eigenvalue weighted by Gasteiger charge is -2.25. The minimum atomic E-state index is -0.345. The maximum absolute atomic E-state index is 12.9. The van der Waals surface area contributed by atoms with Crippen LogP contribution in [-0.4, -0.2) is 66.2 Å². The average molecular weight is 440 g/mol. The molecule has 1 aromatic carbocycles. The molecule has 0 aliphatic carbocycles. The zero-order chi connectivity index (χ0) is 23.3. The van der Waals surface area contributed by atoms with Gasteiger partial charge in [-0.05, 0) is 39.2 Å². The Hall–Kier alpha value is -3.16. The van der Waals surface area contributed by atoms with Crippen LogP contribution in [0, 0.1) is 6.92 Å². The van der Waals surface area contributed by atoms with Crippen LogP contribution in [-0.2, 0) is 9.53 Å². The summed E-state index contributed by atoms with van der Waals surface area (Å²) in [6.45, 7) is 9.21. The highest BCUT2D eigenvalue weighted by Gasteiger charge is 2.39. The molecule has 8 nitrogen and oxygen atoms in total. The number of benzene rings is 1. The van der Waals surface area contributed by atoms with E-state index in [0.29, 0.717) is 25.4 Å². The minimum Gasteiger partial charge on any atom is -0.483 e. The molecule has 2 aliphatic heterocycles. The predicted molar refractivity (Wildman–Crippen MR) is 126 cm³/mol. The summed E-state index contributed by atoms with van der Waals surface area (Å²) >= 11 is 0. The molecule has 1 atom stereocenters. The molecule has 3 amide bonds. The second-order valence-electron chi connectivity index (χ2n) is 8.23. The molecule has 0 bridgehead atoms. The molecule has 8 heteroatoms. The highest BCUT2D eigenvalue weighted by molar-refractivity contribution is 6.08. The van der Waals surface area contributed by atoms with Crippen molar-refractivity contribution in [1.29, 1.82) is 0 Å². The van der Waals surface area contributed by atoms with Crippen molar-refractivity contribution < 1.29 is 14.3 Å². The molecule has 1 N–H and O–H groups in total. The highest BCUT2D eigenvalue weighted by atomic mass is 16.5. The molecular formula is C24H33N5O3. The van der Waals surface area contributed by atoms with Crippen molar-refractivity contribution in [3.8, 4) is 0 Å². The fourth-order valence-electron chi connectivity index (χ4n) is 3.77. The third kappa shape index (κ3) is 5.36. The van der Waals surface area contributed by atoms with Gasteiger partial charge in [-0.2, -0.15) is 5.10 Å². The van der Waals surface area contributed by atoms with Gasteiger partial charge < -0.3 is 15.0 Å². The Kier molecular flexibility index (Phi) is 7.66. The first kappa shape index (κ1) is 23.5. The Labute approximate surface area is 190 Å². The van der Waals surface area contributed by atoms with Gasteiger partial charge in [0.05, 0.1) is 32.0 Å². The van der Waals surface area contributed by atoms with E-state index < -0.39 is 0 Å². The Morgan fingerprint density at radius 3 is 2.59 bits per heavy atom. The molecule has 1 aromatic rings. The number of aryl methyl sites for hydroxylation is 1. The Balaban J connectivity index is 1.76. The van der Waals surface area contributed by atoms with Crippen LogP contribution < -0.4 is 5.32 Å². The molecule has 3 rings (SSSR count). The summed E-state index contributed by atoms with van der Waals surface area (Å²) in [6.07, 6.45) is 2.28. The van der Waals surface area contributed by atoms with E-state index in [0.717, 1.165) is 41.0 Å². The number of urea groups is 1. The van der Waals surface area contributed by atoms with Crippen LogP contribution >= 0.6 is 0 Å². The largest absolute Gasteiger partial charge is 0.483 e. The minimum absolute atomic E-state index is 0.111. The van der Waals surface area contributed by atoms with Gasteiger partial charge in [0, 0.05) is 18.7 Å². The van der Waals surface area contributed by atoms with E-state index in [1.165, 1.54) is 12.1 Å². The molecule has 0 saturated carbocycles. The fourth-order valence-corrected chi connectivity index (χ4v) is 3.77. The molecule has 2 heterocycles. The fraction of sp³-hybridized carbons (Fsp3) is 0.500. The number of allylic oxidation sites excluding steroid dienone is 2. The topological polar surface area (TPSA) is 86.6 Å². The van der Waals surface area contributed by atoms with E-state index in [-0.39, 0.29) is 24.5 Å². The molecule has 172 valence electrons. The van der Waals surface area contributed by atoms with Gasteiger partial charge in [0.1, 0.15) is 0 Å². The molecular weight excluding hydrogens is 406 g/mol. The number of likely N-dealkylation sites (tertiary alicyclic amines) is 1. The van der Waals surface area contributed by atoms with E-state index in [1.807, 2.05) is 49.9 Å². The van der Waals surface area contributed by atoms with E-state index in [9.17, 15) is 9.59 Å². The maximum Gasteiger partial charge on any atom is 0.338 e. The van der Waals surface area contributed by atoms with Gasteiger partial charge in [0.2, 0.25) is 11.8 Å². The number of hydrogen-bond donors (Lipinski definition) is 1. The third-order valence-corrected chi connectivity index (χ3v) is 6.02. The van der Waals surface area contributed by atoms with Crippen molar-refractivity contribution >= 4 is 23.5 Å². The number of hydrazone groups is 1. The van der Waals surface area contributed by atoms with Gasteiger partial charge in [0.25, 0.3) is 0 Å². The van der Waals surface area contributed by atoms with Crippen molar-refractivity contribution in [3.63, 3.8) is 0 Å². The van der Waals surface area contributed by atoms with Crippen molar-refractivity contribution in [2.75, 3.05) is 26.7 Å². The monoisotopic (exact) mass is 439 g/mol. The van der Waals surface area contributed by atoms with Crippen molar-refractivity contribution in [2.45, 2.75) is 53.0 Å². The average Bonchev–Trinajstić information content (AvgIpc) is 3.42. The zero-order valence-corrected chi connectivity index (χ0v) is 19.6. The van der Waals surface area contributed by atoms with E-state index in [1.54, 1.807) is 0 Å². The van der Waals surface area contributed by atoms with E-state index in [2.05, 4.69) is 22.3 Å². The second-order valence-corrected chi connectivity index (χ2v) is 8.23. The molecule has 1 saturated heterocycles. The number of hydrogen-bond acceptors (Lipinski definition) is 5. The normalized spacial score (nSPS) is 19.8. The first-order valence-electron chi connectivity index (χ1n) is 11.1. The third-order valence-electron chi connectivity index (χ3n) is 6.02. The molecule has 0 aromatic heterocycles. The van der Waals surface area contributed by atoms with Crippen molar-refractivity contribution in [1.82, 2.24) is 15.2 Å². The summed E-state index contributed by atoms with van der Waals surface area (Å²) in [5.41, 5.74) is 4.85. The quantitative estimate of drug-likeness (QED) is 0.544. The maximum atomic E-state index is 12.9. The second kappa shape index (κ2) is 10.4. The number of carbonyl (C=O) groups excluding carboxylic acids is 2. The van der Waals surface area contributed by atoms with Crippen LogP contribution in [0.15, 0.2) is 45.6 Å². The number of nitrogens with zero attached hydrogens (tertiary/aromatic N) is 4. The smallest absolute Gasteiger partial charge is 0.338 e. The van der Waals surface area contributed by atoms with Crippen LogP contribution in [0.4, 0.5) is 4.79 Å². The standard InChI is InChI=1S/C24H33N5O3/c1-6-17(3)18(4)26-21(32-5)14-25-24(31)29-15-20(28-13-7-8-22(28)30)23(27-29)19-11-9-16(2)10-12-19/h9-12,20H,6-8,13-15H2,1-5H3,(H,25,31)/b18-17+,26-21?/t20-/m0/s1. The number of amides is 3. The van der Waals surface area contributed by atoms with Crippen LogP contribution in [0.3, 0.4) is 0 Å². The van der Waals surface area contributed by atoms with Crippen molar-refractivity contribution in [3.05, 3.63) is 46.7 Å². The van der Waals surface area contributed by atoms with Crippen LogP contribution in [0.25, 0.3) is 0 Å². The van der Waals surface area contributed by atoms with Crippen LogP contribution in [0.1, 0.15) is 51.2 Å². The summed E-state index contributed by atoms with van der Waals surface area (Å²) < 4.78 is 5.34. The lowest BCUT2D eigenvalue weighted by Crippen LogP contribution is -2.46. The summed E-state index contributed by atoms with van der Waals surface area (Å²) in [7, 11) is 1.54. The Morgan fingerprint density at radius 2 is 2.00 bits per heavy atom. The Morgan fingerprint density at radius 1 is 1.28 bits per heavy atom. The Bertz CT molecular complexity index is 949. The number of carbonyl (C=O) groups is 2. The highest BCUT2D eigenvalue weighted by Crippen LogP contribution is 2.24. The molecule has 0 unspecified atom stereocenters. The molecule has 0 radical (unpaired) electrons. The van der Waals surface area contributed by atoms with Crippen LogP contribution in [0.5, 0.6) is 0 Å². The van der Waals surface area contributed by atoms with E-state index >= 15 is 0 Å². The predicted octanol–water partition coefficient (Wildman–Crippen LogP) is 3.46. The van der Waals surface area contributed by atoms with E-state index in [4.69, 9.17) is 4.74 Å². The van der Waals surface area contributed by atoms with Crippen molar-refractivity contribution in [2.24, 2.45) is 10.1 Å². The van der Waals surface area contributed by atoms with Crippen LogP contribution in [0.2, 0.25) is 0 Å². The lowest BCUT2D eigenvalue weighted by atomic mass is 10.0. The number of ether oxygens (including phenoxy) is 1. The van der Waals surface area contributed by atoms with Gasteiger partial charge in [-0.3, -0.25) is 4.79 Å². The van der Waals surface area contributed by atoms with Gasteiger partial charge in [0.15, 0.2) is 0 Å². The summed E-state index contributed by atoms with van der Waals surface area (Å²) in [4.78, 5) is 31.6. The summed E-state index contributed by atoms with van der Waals surface area (Å²) in [5.74, 6) is 0.538. The summed E-state index contributed by atoms with van der Waals surface area (Å²) in [6, 6.07) is 7.42. The van der Waals surface area contributed by atoms with Gasteiger partial charge in [-0.25, -0.2) is 14.8 Å². The van der Waals surface area contributed by atoms with Gasteiger partial charge >= 0.3 is 6.03 Å². The zero-order valence-electron chi connectivity index (χ0n) is 19.6. The summed E-state index contributed by atoms with van der Waals surface area (Å²) in [5, 5.41) is 8.85. The SMILES string of the molecule is CC/C(C)=C(\C)N=C(CNC(=O)N1C[C@H](N2CCCC2=O)C(c2ccc(C)cc2)=N1)OC. The molecule has 32 heavy (non-hydrogen) atoms. The van der Waals surface area contributed by atoms with Gasteiger partial charge in [-0.15, -0.1) is 0 Å². The van der Waals surface area contributed by atoms with Gasteiger partial charge in [-0.1, -0.05) is 42.3 Å². The number of nitrogens with one attached hydrogen (secondary N) is 1. The molecule has 1 fully saturated rings. The number of methoxy groups -OCH3 is 1.